The first-order valence-corrected chi connectivity index (χ1v) is 10.1. The van der Waals surface area contributed by atoms with Crippen LogP contribution in [0.1, 0.15) is 17.0 Å². The number of halogens is 1. The van der Waals surface area contributed by atoms with Gasteiger partial charge in [-0.1, -0.05) is 35.0 Å². The molecule has 0 amide bonds. The van der Waals surface area contributed by atoms with Crippen molar-refractivity contribution >= 4 is 33.5 Å². The lowest BCUT2D eigenvalue weighted by Crippen LogP contribution is -2.17. The number of ether oxygens (including phenoxy) is 1. The molecule has 156 valence electrons. The molecule has 0 saturated heterocycles. The molecule has 5 rings (SSSR count). The Morgan fingerprint density at radius 1 is 1.23 bits per heavy atom. The molecule has 0 saturated carbocycles. The largest absolute Gasteiger partial charge is 0.496 e. The Morgan fingerprint density at radius 2 is 2.03 bits per heavy atom. The van der Waals surface area contributed by atoms with Crippen LogP contribution in [0.5, 0.6) is 5.75 Å². The quantitative estimate of drug-likeness (QED) is 0.436. The van der Waals surface area contributed by atoms with E-state index in [-0.39, 0.29) is 5.69 Å². The van der Waals surface area contributed by atoms with E-state index in [1.165, 1.54) is 0 Å². The molecule has 0 fully saturated rings. The molecule has 0 radical (unpaired) electrons. The molecule has 3 heterocycles. The molecule has 31 heavy (non-hydrogen) atoms. The molecule has 8 heteroatoms. The van der Waals surface area contributed by atoms with Crippen LogP contribution in [0, 0.1) is 13.8 Å². The first-order chi connectivity index (χ1) is 15.0. The topological polar surface area (TPSA) is 85.9 Å². The van der Waals surface area contributed by atoms with Gasteiger partial charge in [-0.05, 0) is 37.6 Å². The fraction of sp³-hybridized carbons (Fsp3) is 0.174. The van der Waals surface area contributed by atoms with Gasteiger partial charge < -0.3 is 14.2 Å². The Kier molecular flexibility index (Phi) is 4.55. The number of hydrogen-bond acceptors (Lipinski definition) is 5. The van der Waals surface area contributed by atoms with E-state index < -0.39 is 0 Å². The van der Waals surface area contributed by atoms with Crippen molar-refractivity contribution in [2.75, 3.05) is 7.11 Å². The van der Waals surface area contributed by atoms with Crippen molar-refractivity contribution in [1.29, 1.82) is 0 Å². The third-order valence-corrected chi connectivity index (χ3v) is 5.88. The summed E-state index contributed by atoms with van der Waals surface area (Å²) < 4.78 is 12.7. The Bertz CT molecular complexity index is 1490. The third kappa shape index (κ3) is 3.09. The molecule has 2 aromatic carbocycles. The SMILES string of the molecule is COc1cc2c(cc1-c1c(C)noc1C)ncc1[nH]c(=O)n(Cc3ccccc3Cl)c12. The minimum atomic E-state index is -0.224. The van der Waals surface area contributed by atoms with E-state index in [4.69, 9.17) is 20.9 Å². The molecule has 0 atom stereocenters. The summed E-state index contributed by atoms with van der Waals surface area (Å²) in [6.07, 6.45) is 1.67. The average Bonchev–Trinajstić information content (AvgIpc) is 3.26. The molecule has 7 nitrogen and oxygen atoms in total. The average molecular weight is 435 g/mol. The molecule has 0 aliphatic rings. The van der Waals surface area contributed by atoms with Gasteiger partial charge in [-0.2, -0.15) is 0 Å². The maximum Gasteiger partial charge on any atom is 0.326 e. The number of methoxy groups -OCH3 is 1. The summed E-state index contributed by atoms with van der Waals surface area (Å²) in [5, 5.41) is 5.47. The van der Waals surface area contributed by atoms with E-state index in [0.29, 0.717) is 28.6 Å². The van der Waals surface area contributed by atoms with Crippen molar-refractivity contribution in [2.24, 2.45) is 0 Å². The van der Waals surface area contributed by atoms with Crippen molar-refractivity contribution in [1.82, 2.24) is 19.7 Å². The second-order valence-corrected chi connectivity index (χ2v) is 7.80. The molecule has 0 spiro atoms. The molecule has 0 unspecified atom stereocenters. The summed E-state index contributed by atoms with van der Waals surface area (Å²) in [6.45, 7) is 4.09. The number of aromatic nitrogens is 4. The summed E-state index contributed by atoms with van der Waals surface area (Å²) in [5.41, 5.74) is 5.25. The predicted octanol–water partition coefficient (Wildman–Crippen LogP) is 4.86. The van der Waals surface area contributed by atoms with Crippen LogP contribution in [-0.2, 0) is 6.54 Å². The number of hydrogen-bond donors (Lipinski definition) is 1. The summed E-state index contributed by atoms with van der Waals surface area (Å²) in [5.74, 6) is 1.35. The van der Waals surface area contributed by atoms with Crippen molar-refractivity contribution in [3.05, 3.63) is 75.1 Å². The van der Waals surface area contributed by atoms with Gasteiger partial charge in [-0.25, -0.2) is 4.79 Å². The normalized spacial score (nSPS) is 11.5. The molecular weight excluding hydrogens is 416 g/mol. The number of fused-ring (bicyclic) bond motifs is 3. The number of rotatable bonds is 4. The fourth-order valence-electron chi connectivity index (χ4n) is 4.05. The van der Waals surface area contributed by atoms with E-state index in [1.54, 1.807) is 17.9 Å². The maximum absolute atomic E-state index is 12.8. The molecule has 0 aliphatic carbocycles. The number of aromatic amines is 1. The van der Waals surface area contributed by atoms with Gasteiger partial charge in [-0.15, -0.1) is 0 Å². The van der Waals surface area contributed by atoms with Crippen molar-refractivity contribution < 1.29 is 9.26 Å². The Morgan fingerprint density at radius 3 is 2.74 bits per heavy atom. The molecule has 0 bridgehead atoms. The summed E-state index contributed by atoms with van der Waals surface area (Å²) in [4.78, 5) is 20.3. The van der Waals surface area contributed by atoms with Crippen LogP contribution in [0.25, 0.3) is 33.1 Å². The van der Waals surface area contributed by atoms with Gasteiger partial charge in [0.2, 0.25) is 0 Å². The van der Waals surface area contributed by atoms with E-state index >= 15 is 0 Å². The lowest BCUT2D eigenvalue weighted by Gasteiger charge is -2.12. The minimum Gasteiger partial charge on any atom is -0.496 e. The van der Waals surface area contributed by atoms with E-state index in [9.17, 15) is 4.79 Å². The fourth-order valence-corrected chi connectivity index (χ4v) is 4.25. The zero-order chi connectivity index (χ0) is 21.7. The van der Waals surface area contributed by atoms with Crippen molar-refractivity contribution in [3.8, 4) is 16.9 Å². The van der Waals surface area contributed by atoms with E-state index in [0.717, 1.165) is 38.8 Å². The highest BCUT2D eigenvalue weighted by Gasteiger charge is 2.20. The van der Waals surface area contributed by atoms with Gasteiger partial charge >= 0.3 is 5.69 Å². The van der Waals surface area contributed by atoms with Crippen molar-refractivity contribution in [3.63, 3.8) is 0 Å². The van der Waals surface area contributed by atoms with Gasteiger partial charge in [0.1, 0.15) is 11.5 Å². The van der Waals surface area contributed by atoms with Crippen molar-refractivity contribution in [2.45, 2.75) is 20.4 Å². The van der Waals surface area contributed by atoms with Crippen LogP contribution in [0.3, 0.4) is 0 Å². The third-order valence-electron chi connectivity index (χ3n) is 5.51. The van der Waals surface area contributed by atoms with Crippen LogP contribution < -0.4 is 10.4 Å². The lowest BCUT2D eigenvalue weighted by atomic mass is 10.0. The second kappa shape index (κ2) is 7.28. The Balaban J connectivity index is 1.79. The first kappa shape index (κ1) is 19.4. The second-order valence-electron chi connectivity index (χ2n) is 7.40. The van der Waals surface area contributed by atoms with Gasteiger partial charge in [0.15, 0.2) is 0 Å². The van der Waals surface area contributed by atoms with E-state index in [1.807, 2.05) is 50.2 Å². The molecular formula is C23H19ClN4O3. The summed E-state index contributed by atoms with van der Waals surface area (Å²) in [7, 11) is 1.62. The molecule has 0 aliphatic heterocycles. The van der Waals surface area contributed by atoms with Crippen LogP contribution in [0.15, 0.2) is 51.9 Å². The lowest BCUT2D eigenvalue weighted by molar-refractivity contribution is 0.393. The standard InChI is InChI=1S/C23H19ClN4O3/c1-12-21(13(2)31-27-12)16-8-18-15(9-20(16)30-3)22-19(10-25-18)26-23(29)28(22)11-14-6-4-5-7-17(14)24/h4-10H,11H2,1-3H3,(H,26,29). The monoisotopic (exact) mass is 434 g/mol. The number of imidazole rings is 1. The highest BCUT2D eigenvalue weighted by atomic mass is 35.5. The smallest absolute Gasteiger partial charge is 0.326 e. The molecule has 3 aromatic heterocycles. The summed E-state index contributed by atoms with van der Waals surface area (Å²) >= 11 is 6.35. The molecule has 5 aromatic rings. The first-order valence-electron chi connectivity index (χ1n) is 9.74. The number of nitrogens with one attached hydrogen (secondary N) is 1. The number of nitrogens with zero attached hydrogens (tertiary/aromatic N) is 3. The predicted molar refractivity (Wildman–Crippen MR) is 120 cm³/mol. The van der Waals surface area contributed by atoms with Crippen LogP contribution in [0.4, 0.5) is 0 Å². The van der Waals surface area contributed by atoms with Crippen LogP contribution >= 0.6 is 11.6 Å². The zero-order valence-corrected chi connectivity index (χ0v) is 17.9. The van der Waals surface area contributed by atoms with Crippen LogP contribution in [0.2, 0.25) is 5.02 Å². The number of benzene rings is 2. The molecule has 1 N–H and O–H groups in total. The van der Waals surface area contributed by atoms with Gasteiger partial charge in [0.05, 0.1) is 47.7 Å². The van der Waals surface area contributed by atoms with E-state index in [2.05, 4.69) is 15.1 Å². The van der Waals surface area contributed by atoms with Crippen LogP contribution in [-0.4, -0.2) is 26.8 Å². The highest BCUT2D eigenvalue weighted by molar-refractivity contribution is 6.31. The summed E-state index contributed by atoms with van der Waals surface area (Å²) in [6, 6.07) is 11.3. The Hall–Kier alpha value is -3.58. The van der Waals surface area contributed by atoms with Gasteiger partial charge in [-0.3, -0.25) is 9.55 Å². The van der Waals surface area contributed by atoms with Gasteiger partial charge in [0.25, 0.3) is 0 Å². The zero-order valence-electron chi connectivity index (χ0n) is 17.2. The number of H-pyrrole nitrogens is 1. The highest BCUT2D eigenvalue weighted by Crippen LogP contribution is 2.38. The Labute approximate surface area is 182 Å². The maximum atomic E-state index is 12.8. The number of pyridine rings is 1. The number of aryl methyl sites for hydroxylation is 2. The minimum absolute atomic E-state index is 0.224. The van der Waals surface area contributed by atoms with Gasteiger partial charge in [0, 0.05) is 16.0 Å².